The van der Waals surface area contributed by atoms with Crippen molar-refractivity contribution in [2.24, 2.45) is 0 Å². The van der Waals surface area contributed by atoms with E-state index in [0.29, 0.717) is 17.1 Å². The van der Waals surface area contributed by atoms with Crippen molar-refractivity contribution in [3.8, 4) is 11.5 Å². The molecule has 0 saturated heterocycles. The molecule has 1 aromatic rings. The zero-order valence-electron chi connectivity index (χ0n) is 11.1. The van der Waals surface area contributed by atoms with Gasteiger partial charge in [0.2, 0.25) is 0 Å². The van der Waals surface area contributed by atoms with E-state index in [2.05, 4.69) is 0 Å². The van der Waals surface area contributed by atoms with E-state index >= 15 is 0 Å². The van der Waals surface area contributed by atoms with Gasteiger partial charge in [0, 0.05) is 0 Å². The summed E-state index contributed by atoms with van der Waals surface area (Å²) < 4.78 is 15.3. The number of hydrogen-bond donors (Lipinski definition) is 1. The minimum atomic E-state index is -0.540. The summed E-state index contributed by atoms with van der Waals surface area (Å²) >= 11 is 0. The summed E-state index contributed by atoms with van der Waals surface area (Å²) in [7, 11) is 3.04. The van der Waals surface area contributed by atoms with Gasteiger partial charge in [0.05, 0.1) is 20.8 Å². The third-order valence-electron chi connectivity index (χ3n) is 2.76. The average molecular weight is 254 g/mol. The van der Waals surface area contributed by atoms with Crippen LogP contribution in [0, 0.1) is 13.8 Å². The van der Waals surface area contributed by atoms with Gasteiger partial charge in [-0.2, -0.15) is 0 Å². The standard InChI is InChI=1S/C13H18O5/c1-8-9(2)12(17-4)10(7-11(8)16-3)13(15)18-6-5-14/h7,14H,5-6H2,1-4H3. The van der Waals surface area contributed by atoms with Gasteiger partial charge in [0.15, 0.2) is 0 Å². The molecule has 0 aliphatic rings. The lowest BCUT2D eigenvalue weighted by Gasteiger charge is -2.15. The van der Waals surface area contributed by atoms with Crippen molar-refractivity contribution < 1.29 is 24.1 Å². The van der Waals surface area contributed by atoms with Gasteiger partial charge in [-0.3, -0.25) is 0 Å². The van der Waals surface area contributed by atoms with Gasteiger partial charge in [-0.1, -0.05) is 0 Å². The molecule has 1 rings (SSSR count). The number of carbonyl (C=O) groups is 1. The third-order valence-corrected chi connectivity index (χ3v) is 2.76. The van der Waals surface area contributed by atoms with Crippen LogP contribution in [-0.4, -0.2) is 38.5 Å². The van der Waals surface area contributed by atoms with Gasteiger partial charge in [-0.15, -0.1) is 0 Å². The lowest BCUT2D eigenvalue weighted by atomic mass is 10.0. The fourth-order valence-electron chi connectivity index (χ4n) is 1.70. The van der Waals surface area contributed by atoms with Crippen LogP contribution in [0.2, 0.25) is 0 Å². The topological polar surface area (TPSA) is 65.0 Å². The highest BCUT2D eigenvalue weighted by Crippen LogP contribution is 2.33. The quantitative estimate of drug-likeness (QED) is 0.806. The number of esters is 1. The molecule has 0 aromatic heterocycles. The Labute approximate surface area is 106 Å². The Balaban J connectivity index is 3.24. The van der Waals surface area contributed by atoms with Crippen LogP contribution in [-0.2, 0) is 4.74 Å². The van der Waals surface area contributed by atoms with Crippen LogP contribution < -0.4 is 9.47 Å². The number of aliphatic hydroxyl groups is 1. The second kappa shape index (κ2) is 6.26. The minimum Gasteiger partial charge on any atom is -0.496 e. The maximum Gasteiger partial charge on any atom is 0.342 e. The smallest absolute Gasteiger partial charge is 0.342 e. The molecule has 0 aliphatic carbocycles. The number of benzene rings is 1. The molecule has 0 heterocycles. The molecular formula is C13H18O5. The molecule has 1 aromatic carbocycles. The van der Waals surface area contributed by atoms with Crippen molar-refractivity contribution >= 4 is 5.97 Å². The molecule has 0 radical (unpaired) electrons. The second-order valence-electron chi connectivity index (χ2n) is 3.77. The molecule has 18 heavy (non-hydrogen) atoms. The van der Waals surface area contributed by atoms with E-state index in [1.807, 2.05) is 13.8 Å². The number of hydrogen-bond acceptors (Lipinski definition) is 5. The molecule has 0 unspecified atom stereocenters. The van der Waals surface area contributed by atoms with Crippen molar-refractivity contribution in [3.05, 3.63) is 22.8 Å². The van der Waals surface area contributed by atoms with Crippen molar-refractivity contribution in [1.29, 1.82) is 0 Å². The van der Waals surface area contributed by atoms with Crippen LogP contribution in [0.25, 0.3) is 0 Å². The van der Waals surface area contributed by atoms with Gasteiger partial charge in [0.25, 0.3) is 0 Å². The zero-order valence-corrected chi connectivity index (χ0v) is 11.1. The number of carbonyl (C=O) groups excluding carboxylic acids is 1. The highest BCUT2D eigenvalue weighted by molar-refractivity contribution is 5.94. The van der Waals surface area contributed by atoms with E-state index in [1.54, 1.807) is 6.07 Å². The van der Waals surface area contributed by atoms with Crippen LogP contribution in [0.1, 0.15) is 21.5 Å². The monoisotopic (exact) mass is 254 g/mol. The first-order valence-corrected chi connectivity index (χ1v) is 5.57. The molecule has 0 saturated carbocycles. The molecule has 100 valence electrons. The Morgan fingerprint density at radius 1 is 1.22 bits per heavy atom. The maximum atomic E-state index is 11.8. The predicted octanol–water partition coefficient (Wildman–Crippen LogP) is 1.47. The minimum absolute atomic E-state index is 0.0444. The van der Waals surface area contributed by atoms with Gasteiger partial charge < -0.3 is 19.3 Å². The first-order valence-electron chi connectivity index (χ1n) is 5.57. The second-order valence-corrected chi connectivity index (χ2v) is 3.77. The summed E-state index contributed by atoms with van der Waals surface area (Å²) in [6, 6.07) is 1.58. The lowest BCUT2D eigenvalue weighted by molar-refractivity contribution is 0.0429. The summed E-state index contributed by atoms with van der Waals surface area (Å²) in [5.74, 6) is 0.530. The normalized spacial score (nSPS) is 10.1. The Hall–Kier alpha value is -1.75. The van der Waals surface area contributed by atoms with Gasteiger partial charge in [-0.05, 0) is 31.0 Å². The van der Waals surface area contributed by atoms with E-state index in [-0.39, 0.29) is 13.2 Å². The number of rotatable bonds is 5. The van der Waals surface area contributed by atoms with E-state index in [0.717, 1.165) is 11.1 Å². The largest absolute Gasteiger partial charge is 0.496 e. The first-order chi connectivity index (χ1) is 8.56. The molecule has 0 bridgehead atoms. The number of methoxy groups -OCH3 is 2. The average Bonchev–Trinajstić information content (AvgIpc) is 2.38. The Bertz CT molecular complexity index is 439. The summed E-state index contributed by atoms with van der Waals surface area (Å²) in [6.45, 7) is 3.48. The van der Waals surface area contributed by atoms with Crippen LogP contribution in [0.15, 0.2) is 6.07 Å². The van der Waals surface area contributed by atoms with Crippen LogP contribution in [0.5, 0.6) is 11.5 Å². The zero-order chi connectivity index (χ0) is 13.7. The van der Waals surface area contributed by atoms with E-state index in [9.17, 15) is 4.79 Å². The van der Waals surface area contributed by atoms with E-state index < -0.39 is 5.97 Å². The summed E-state index contributed by atoms with van der Waals surface area (Å²) in [6.07, 6.45) is 0. The van der Waals surface area contributed by atoms with Gasteiger partial charge in [0.1, 0.15) is 23.7 Å². The molecule has 0 atom stereocenters. The van der Waals surface area contributed by atoms with Crippen LogP contribution in [0.4, 0.5) is 0 Å². The molecule has 0 amide bonds. The third kappa shape index (κ3) is 2.73. The fraction of sp³-hybridized carbons (Fsp3) is 0.462. The predicted molar refractivity (Wildman–Crippen MR) is 66.4 cm³/mol. The highest BCUT2D eigenvalue weighted by atomic mass is 16.5. The van der Waals surface area contributed by atoms with Gasteiger partial charge in [-0.25, -0.2) is 4.79 Å². The van der Waals surface area contributed by atoms with Crippen molar-refractivity contribution in [3.63, 3.8) is 0 Å². The van der Waals surface area contributed by atoms with Gasteiger partial charge >= 0.3 is 5.97 Å². The lowest BCUT2D eigenvalue weighted by Crippen LogP contribution is -2.11. The molecule has 0 fully saturated rings. The molecule has 0 aliphatic heterocycles. The van der Waals surface area contributed by atoms with Crippen molar-refractivity contribution in [2.45, 2.75) is 13.8 Å². The summed E-state index contributed by atoms with van der Waals surface area (Å²) in [5, 5.41) is 8.65. The molecule has 0 spiro atoms. The molecule has 5 heteroatoms. The maximum absolute atomic E-state index is 11.8. The highest BCUT2D eigenvalue weighted by Gasteiger charge is 2.20. The Morgan fingerprint density at radius 3 is 2.39 bits per heavy atom. The van der Waals surface area contributed by atoms with Crippen molar-refractivity contribution in [1.82, 2.24) is 0 Å². The number of aliphatic hydroxyl groups excluding tert-OH is 1. The summed E-state index contributed by atoms with van der Waals surface area (Å²) in [4.78, 5) is 11.8. The summed E-state index contributed by atoms with van der Waals surface area (Å²) in [5.41, 5.74) is 2.03. The van der Waals surface area contributed by atoms with Crippen LogP contribution >= 0.6 is 0 Å². The molecule has 1 N–H and O–H groups in total. The number of ether oxygens (including phenoxy) is 3. The van der Waals surface area contributed by atoms with Crippen molar-refractivity contribution in [2.75, 3.05) is 27.4 Å². The first kappa shape index (κ1) is 14.3. The molecular weight excluding hydrogens is 236 g/mol. The van der Waals surface area contributed by atoms with Crippen LogP contribution in [0.3, 0.4) is 0 Å². The Morgan fingerprint density at radius 2 is 1.89 bits per heavy atom. The fourth-order valence-corrected chi connectivity index (χ4v) is 1.70. The Kier molecular flexibility index (Phi) is 4.97. The van der Waals surface area contributed by atoms with E-state index in [4.69, 9.17) is 19.3 Å². The van der Waals surface area contributed by atoms with E-state index in [1.165, 1.54) is 14.2 Å². The molecule has 5 nitrogen and oxygen atoms in total. The SMILES string of the molecule is COc1cc(C(=O)OCCO)c(OC)c(C)c1C.